The number of aromatic amines is 1. The number of alkyl halides is 1. The van der Waals surface area contributed by atoms with Gasteiger partial charge < -0.3 is 15.3 Å². The number of aromatic nitrogens is 9. The highest BCUT2D eigenvalue weighted by Crippen LogP contribution is 2.72. The first kappa shape index (κ1) is 83.2. The average Bonchev–Trinajstić information content (AvgIpc) is 1.70. The summed E-state index contributed by atoms with van der Waals surface area (Å²) in [6.45, 7) is 20.7. The summed E-state index contributed by atoms with van der Waals surface area (Å²) in [5.74, 6) is 3.14. The van der Waals surface area contributed by atoms with E-state index in [0.717, 1.165) is 145 Å². The molecule has 0 unspecified atom stereocenters. The van der Waals surface area contributed by atoms with Crippen molar-refractivity contribution in [2.75, 3.05) is 5.33 Å². The molecule has 15 nitrogen and oxygen atoms in total. The Labute approximate surface area is 650 Å². The molecule has 6 aromatic rings. The molecule has 12 saturated carbocycles. The van der Waals surface area contributed by atoms with Gasteiger partial charge in [-0.25, -0.2) is 31.0 Å². The van der Waals surface area contributed by atoms with Gasteiger partial charge in [-0.05, 0) is 334 Å². The molecule has 0 radical (unpaired) electrons. The molecule has 24 atom stereocenters. The van der Waals surface area contributed by atoms with Crippen molar-refractivity contribution in [3.05, 3.63) is 71.3 Å². The Morgan fingerprint density at radius 2 is 0.798 bits per heavy atom. The van der Waals surface area contributed by atoms with Crippen molar-refractivity contribution in [3.63, 3.8) is 0 Å². The highest BCUT2D eigenvalue weighted by Gasteiger charge is 2.66. The zero-order valence-corrected chi connectivity index (χ0v) is 65.2. The lowest BCUT2D eigenvalue weighted by Gasteiger charge is -2.61. The number of fused-ring (bicyclic) bond motifs is 18. The van der Waals surface area contributed by atoms with Crippen LogP contribution in [0.4, 0.5) is 26.3 Å². The van der Waals surface area contributed by atoms with E-state index < -0.39 is 51.7 Å². The van der Waals surface area contributed by atoms with Gasteiger partial charge in [0, 0.05) is 17.8 Å². The number of benzene rings is 3. The summed E-state index contributed by atoms with van der Waals surface area (Å²) < 4.78 is 82.0. The lowest BCUT2D eigenvalue weighted by molar-refractivity contribution is -0.151. The lowest BCUT2D eigenvalue weighted by atomic mass is 9.44. The highest BCUT2D eigenvalue weighted by atomic mass is 79.9. The van der Waals surface area contributed by atoms with Crippen molar-refractivity contribution in [1.29, 1.82) is 0 Å². The van der Waals surface area contributed by atoms with Gasteiger partial charge in [0.2, 0.25) is 0 Å². The molecule has 3 heterocycles. The number of aliphatic hydroxyl groups is 3. The molecule has 109 heavy (non-hydrogen) atoms. The number of hydrogen-bond acceptors (Lipinski definition) is 12. The topological polar surface area (TPSA) is 215 Å². The van der Waals surface area contributed by atoms with Crippen LogP contribution in [0.15, 0.2) is 36.4 Å². The molecule has 22 heteroatoms. The number of nitrogens with zero attached hydrogens (tertiary/aromatic N) is 8. The SMILES string of the molecule is C.C.C.C[C@@]1(O)CC[C@@]2(C)[C@H](CC[C@@H]3[C@@H]2CC[C@]2(C)[C@@H](C(=O)CBr)CC[C@@H]32)C1.C[C@@]1(O)CC[C@@]2(C)[C@H](CC[C@@H]3[C@@H]2CC[C@]2(C)[C@@H](C(=O)Cn4nc5ccc(F)c(F)c5n4)CC[C@@H]32)C1.C[C@@]1(O)CC[C@@]2(C)[C@H](CC[C@@H]3[C@@H]2CC[C@]2(C)[C@@H](C(=O)Cn4nnc5c(F)c(F)ccc54)CC[C@@H]32)C1.Fc1ccc2n[nH]nc2c1F. The van der Waals surface area contributed by atoms with Crippen LogP contribution in [0.3, 0.4) is 0 Å². The van der Waals surface area contributed by atoms with Gasteiger partial charge >= 0.3 is 0 Å². The van der Waals surface area contributed by atoms with Crippen LogP contribution in [0.25, 0.3) is 33.1 Å². The monoisotopic (exact) mass is 1580 g/mol. The minimum Gasteiger partial charge on any atom is -0.390 e. The number of H-pyrrole nitrogens is 1. The third kappa shape index (κ3) is 14.2. The number of carbonyl (C=O) groups excluding carboxylic acids is 3. The lowest BCUT2D eigenvalue weighted by Crippen LogP contribution is -2.55. The Bertz CT molecular complexity index is 4340. The summed E-state index contributed by atoms with van der Waals surface area (Å²) in [6, 6.07) is 7.33. The normalized spacial score (nSPS) is 41.3. The number of ketones is 3. The van der Waals surface area contributed by atoms with E-state index in [0.29, 0.717) is 91.7 Å². The van der Waals surface area contributed by atoms with Crippen LogP contribution >= 0.6 is 15.9 Å². The number of hydrogen-bond donors (Lipinski definition) is 4. The second-order valence-corrected chi connectivity index (χ2v) is 39.2. The van der Waals surface area contributed by atoms with E-state index in [9.17, 15) is 56.0 Å². The van der Waals surface area contributed by atoms with E-state index in [-0.39, 0.29) is 103 Å². The van der Waals surface area contributed by atoms with Gasteiger partial charge in [-0.3, -0.25) is 14.4 Å². The third-order valence-electron chi connectivity index (χ3n) is 33.2. The Kier molecular flexibility index (Phi) is 23.1. The van der Waals surface area contributed by atoms with Crippen molar-refractivity contribution < 1.29 is 56.0 Å². The van der Waals surface area contributed by atoms with Gasteiger partial charge in [0.15, 0.2) is 63.0 Å². The molecule has 12 aliphatic rings. The van der Waals surface area contributed by atoms with E-state index >= 15 is 0 Å². The van der Waals surface area contributed by atoms with Gasteiger partial charge in [-0.15, -0.1) is 10.2 Å². The molecule has 3 aromatic carbocycles. The Morgan fingerprint density at radius 3 is 1.23 bits per heavy atom. The fraction of sp³-hybridized carbons (Fsp3) is 0.759. The Balaban J connectivity index is 0.000000142. The summed E-state index contributed by atoms with van der Waals surface area (Å²) in [7, 11) is 0. The summed E-state index contributed by atoms with van der Waals surface area (Å²) in [6.07, 6.45) is 29.7. The third-order valence-corrected chi connectivity index (χ3v) is 33.8. The summed E-state index contributed by atoms with van der Waals surface area (Å²) in [5, 5.41) is 57.9. The molecule has 0 saturated heterocycles. The number of rotatable bonds is 8. The molecule has 0 bridgehead atoms. The zero-order valence-electron chi connectivity index (χ0n) is 63.6. The molecule has 12 fully saturated rings. The minimum atomic E-state index is -1.01. The molecule has 602 valence electrons. The van der Waals surface area contributed by atoms with Crippen LogP contribution in [-0.4, -0.2) is 100 Å². The predicted octanol–water partition coefficient (Wildman–Crippen LogP) is 19.9. The first-order chi connectivity index (χ1) is 50.0. The predicted molar refractivity (Wildman–Crippen MR) is 415 cm³/mol. The van der Waals surface area contributed by atoms with Crippen LogP contribution < -0.4 is 0 Å². The van der Waals surface area contributed by atoms with Crippen LogP contribution in [0.1, 0.15) is 258 Å². The molecular weight excluding hydrogens is 1460 g/mol. The van der Waals surface area contributed by atoms with Gasteiger partial charge in [-0.1, -0.05) is 85.0 Å². The molecule has 4 N–H and O–H groups in total. The summed E-state index contributed by atoms with van der Waals surface area (Å²) >= 11 is 3.43. The average molecular weight is 1590 g/mol. The molecule has 0 aliphatic heterocycles. The molecule has 0 amide bonds. The number of carbonyl (C=O) groups is 3. The minimum absolute atomic E-state index is 0. The van der Waals surface area contributed by atoms with Crippen LogP contribution in [0.2, 0.25) is 0 Å². The van der Waals surface area contributed by atoms with E-state index in [4.69, 9.17) is 0 Å². The first-order valence-corrected chi connectivity index (χ1v) is 41.5. The van der Waals surface area contributed by atoms with E-state index in [1.54, 1.807) is 0 Å². The van der Waals surface area contributed by atoms with E-state index in [1.165, 1.54) is 91.9 Å². The van der Waals surface area contributed by atoms with Crippen molar-refractivity contribution >= 4 is 66.4 Å². The van der Waals surface area contributed by atoms with Crippen molar-refractivity contribution in [2.45, 2.75) is 288 Å². The fourth-order valence-corrected chi connectivity index (χ4v) is 27.9. The van der Waals surface area contributed by atoms with Crippen LogP contribution in [0.5, 0.6) is 0 Å². The quantitative estimate of drug-likeness (QED) is 0.0827. The standard InChI is InChI=1S/2C28H37F2N3O2.C22H35BrO2.C6H3F2N3.3CH4/c1-26(35)12-13-27(2)16(14-26)4-5-17-18-6-7-20(28(18,3)11-10-19(17)27)23(34)15-33-22-9-8-21(29)24(30)25(22)31-32-33;1-26(35)12-13-27(2)16(14-26)4-5-17-18-6-7-20(28(18,3)11-10-19(17)27)23(34)15-33-31-22-9-8-21(29)24(30)25(22)32-33;1-20(25)10-11-21(2)14(12-20)4-5-15-16-6-7-18(19(24)13-23)22(16,3)9-8-17(15)21;7-3-1-2-4-6(5(3)8)10-11-9-4;;;/h2*8-9,16-20,35H,4-7,10-15H2,1-3H3;14-18,25H,4-13H2,1-3H3;1-2H,(H,9,10,11);3*1H4/t2*16-,17+,18+,19+,20-,26-,27+,28+;14-,15+,16+,17+,18-,20-,21+,22+;;;;/m111..../s1. The number of nitrogens with one attached hydrogen (secondary N) is 1. The van der Waals surface area contributed by atoms with Crippen LogP contribution in [-0.2, 0) is 27.5 Å². The maximum atomic E-state index is 14.1. The smallest absolute Gasteiger partial charge is 0.188 e. The largest absolute Gasteiger partial charge is 0.390 e. The van der Waals surface area contributed by atoms with Gasteiger partial charge in [0.1, 0.15) is 29.9 Å². The van der Waals surface area contributed by atoms with Crippen molar-refractivity contribution in [2.24, 2.45) is 121 Å². The maximum Gasteiger partial charge on any atom is 0.188 e. The second-order valence-electron chi connectivity index (χ2n) is 38.6. The van der Waals surface area contributed by atoms with Crippen molar-refractivity contribution in [1.82, 2.24) is 45.4 Å². The van der Waals surface area contributed by atoms with Gasteiger partial charge in [0.25, 0.3) is 0 Å². The summed E-state index contributed by atoms with van der Waals surface area (Å²) in [4.78, 5) is 40.9. The maximum absolute atomic E-state index is 14.1. The molecular formula is C87H124BrF6N9O6. The van der Waals surface area contributed by atoms with Crippen LogP contribution in [0, 0.1) is 156 Å². The van der Waals surface area contributed by atoms with E-state index in [2.05, 4.69) is 93.4 Å². The van der Waals surface area contributed by atoms with E-state index in [1.807, 2.05) is 20.8 Å². The highest BCUT2D eigenvalue weighted by molar-refractivity contribution is 9.09. The molecule has 18 rings (SSSR count). The molecule has 3 aromatic heterocycles. The van der Waals surface area contributed by atoms with Gasteiger partial charge in [0.05, 0.1) is 27.6 Å². The number of halogens is 7. The Hall–Kier alpha value is -5.19. The number of Topliss-reactive ketones (excluding diaryl/α,β-unsaturated/α-hetero) is 3. The molecule has 12 aliphatic carbocycles. The fourth-order valence-electron chi connectivity index (χ4n) is 27.5. The first-order valence-electron chi connectivity index (χ1n) is 40.4. The van der Waals surface area contributed by atoms with Crippen molar-refractivity contribution in [3.8, 4) is 0 Å². The second kappa shape index (κ2) is 30.2. The zero-order chi connectivity index (χ0) is 75.4. The Morgan fingerprint density at radius 1 is 0.422 bits per heavy atom. The summed E-state index contributed by atoms with van der Waals surface area (Å²) in [5.41, 5.74) is 0.381. The van der Waals surface area contributed by atoms with Gasteiger partial charge in [-0.2, -0.15) is 25.3 Å². The molecule has 0 spiro atoms.